The summed E-state index contributed by atoms with van der Waals surface area (Å²) in [5.41, 5.74) is 22.4. The Kier molecular flexibility index (Phi) is 9.29. The molecule has 0 fully saturated rings. The average Bonchev–Trinajstić information content (AvgIpc) is 1.33. The maximum Gasteiger partial charge on any atom is 0.247 e. The molecular weight excluding hydrogens is 980 g/mol. The SMILES string of the molecule is [2H]c1c([2H])c([2H])c(N(c2cccc(-n3c4ccc(C(C)(C)C)cc4c4cc5c(cc43)C(C)(C)c3cc(C)cc4c3B5c3cc(C(C)(C)C)cc5c6cc(C(C)(C)C)ccc6n-4c35)c2)c2ccc3c(c2)c2ccccc2n3-c2ccccc2)c([2H])c1[2H]. The molecule has 0 atom stereocenters. The summed E-state index contributed by atoms with van der Waals surface area (Å²) < 4.78 is 53.1. The van der Waals surface area contributed by atoms with Crippen LogP contribution in [0.4, 0.5) is 17.1 Å². The van der Waals surface area contributed by atoms with E-state index in [1.165, 1.54) is 77.3 Å². The van der Waals surface area contributed by atoms with Gasteiger partial charge in [0, 0.05) is 77.4 Å². The molecule has 10 aromatic carbocycles. The van der Waals surface area contributed by atoms with Crippen LogP contribution in [0.3, 0.4) is 0 Å². The van der Waals surface area contributed by atoms with Crippen molar-refractivity contribution in [3.05, 3.63) is 233 Å². The van der Waals surface area contributed by atoms with E-state index in [1.807, 2.05) is 47.4 Å². The minimum Gasteiger partial charge on any atom is -0.310 e. The Labute approximate surface area is 484 Å². The standard InChI is InChI=1S/C76H69BN4/c1-46-36-62-71-70(37-46)81-68-34-31-48(74(5,6)7)39-57(68)60-40-49(75(8,9)10)41-64(72(60)81)77(71)63-44-59-56-38-47(73(2,3)4)30-33-66(56)80(69(59)45-61(63)76(62,11)12)53-27-21-26-52(42-53)78(50-22-15-13-16-23-50)54-32-35-67-58(43-54)55-28-19-20-29-65(55)79(67)51-24-17-14-18-25-51/h13-45H,1-12H3/i13D,15D,16D,22D,23D. The Balaban J connectivity index is 1.00. The highest BCUT2D eigenvalue weighted by Crippen LogP contribution is 2.46. The molecule has 396 valence electrons. The van der Waals surface area contributed by atoms with Gasteiger partial charge >= 0.3 is 0 Å². The highest BCUT2D eigenvalue weighted by molar-refractivity contribution is 6.99. The molecule has 0 saturated carbocycles. The summed E-state index contributed by atoms with van der Waals surface area (Å²) in [5.74, 6) is 0. The van der Waals surface area contributed by atoms with Gasteiger partial charge in [0.15, 0.2) is 0 Å². The van der Waals surface area contributed by atoms with Gasteiger partial charge in [-0.15, -0.1) is 0 Å². The summed E-state index contributed by atoms with van der Waals surface area (Å²) in [5, 5.41) is 6.94. The van der Waals surface area contributed by atoms with Gasteiger partial charge in [-0.3, -0.25) is 0 Å². The van der Waals surface area contributed by atoms with E-state index in [9.17, 15) is 2.74 Å². The third-order valence-corrected chi connectivity index (χ3v) is 18.2. The van der Waals surface area contributed by atoms with Gasteiger partial charge in [-0.25, -0.2) is 0 Å². The maximum atomic E-state index is 9.55. The lowest BCUT2D eigenvalue weighted by atomic mass is 9.30. The average molecular weight is 1050 g/mol. The van der Waals surface area contributed by atoms with Crippen LogP contribution in [0.2, 0.25) is 0 Å². The Morgan fingerprint density at radius 3 is 1.69 bits per heavy atom. The maximum absolute atomic E-state index is 9.55. The van der Waals surface area contributed by atoms with E-state index in [0.29, 0.717) is 11.4 Å². The number of anilines is 3. The molecule has 0 aliphatic carbocycles. The number of aryl methyl sites for hydroxylation is 1. The van der Waals surface area contributed by atoms with Crippen molar-refractivity contribution in [2.45, 2.75) is 105 Å². The monoisotopic (exact) mass is 1050 g/mol. The van der Waals surface area contributed by atoms with E-state index in [4.69, 9.17) is 4.11 Å². The van der Waals surface area contributed by atoms with E-state index < -0.39 is 23.5 Å². The van der Waals surface area contributed by atoms with Gasteiger partial charge in [-0.05, 0) is 177 Å². The first kappa shape index (κ1) is 44.2. The van der Waals surface area contributed by atoms with Gasteiger partial charge in [0.05, 0.1) is 34.4 Å². The van der Waals surface area contributed by atoms with E-state index in [1.54, 1.807) is 0 Å². The van der Waals surface area contributed by atoms with Crippen LogP contribution in [0, 0.1) is 6.92 Å². The summed E-state index contributed by atoms with van der Waals surface area (Å²) in [6, 6.07) is 60.5. The molecule has 0 radical (unpaired) electrons. The van der Waals surface area contributed by atoms with Crippen LogP contribution >= 0.6 is 0 Å². The molecule has 0 amide bonds. The van der Waals surface area contributed by atoms with Crippen LogP contribution in [0.15, 0.2) is 200 Å². The Bertz CT molecular complexity index is 5090. The lowest BCUT2D eigenvalue weighted by molar-refractivity contribution is 0.590. The first-order chi connectivity index (χ1) is 40.8. The van der Waals surface area contributed by atoms with Crippen molar-refractivity contribution < 1.29 is 6.85 Å². The van der Waals surface area contributed by atoms with Gasteiger partial charge in [-0.1, -0.05) is 173 Å². The zero-order chi connectivity index (χ0) is 60.2. The van der Waals surface area contributed by atoms with Crippen LogP contribution in [0.1, 0.15) is 116 Å². The number of para-hydroxylation sites is 3. The molecule has 5 heterocycles. The van der Waals surface area contributed by atoms with E-state index in [0.717, 1.165) is 55.0 Å². The number of nitrogens with zero attached hydrogens (tertiary/aromatic N) is 4. The molecule has 0 N–H and O–H groups in total. The van der Waals surface area contributed by atoms with Gasteiger partial charge in [0.25, 0.3) is 0 Å². The minimum atomic E-state index is -0.435. The van der Waals surface area contributed by atoms with Crippen molar-refractivity contribution in [3.8, 4) is 17.1 Å². The molecule has 0 spiro atoms. The van der Waals surface area contributed by atoms with Gasteiger partial charge in [-0.2, -0.15) is 0 Å². The van der Waals surface area contributed by atoms with Crippen molar-refractivity contribution in [1.29, 1.82) is 0 Å². The molecule has 13 aromatic rings. The van der Waals surface area contributed by atoms with Gasteiger partial charge in [0.2, 0.25) is 6.71 Å². The number of rotatable bonds is 5. The summed E-state index contributed by atoms with van der Waals surface area (Å²) in [4.78, 5) is 1.86. The molecule has 3 aromatic heterocycles. The molecule has 0 unspecified atom stereocenters. The van der Waals surface area contributed by atoms with Crippen LogP contribution in [0.5, 0.6) is 0 Å². The first-order valence-corrected chi connectivity index (χ1v) is 28.8. The second-order valence-corrected chi connectivity index (χ2v) is 26.8. The Hall–Kier alpha value is -8.54. The number of fused-ring (bicyclic) bond motifs is 13. The zero-order valence-electron chi connectivity index (χ0n) is 53.5. The van der Waals surface area contributed by atoms with E-state index in [-0.39, 0.29) is 40.7 Å². The third-order valence-electron chi connectivity index (χ3n) is 18.2. The molecule has 4 nitrogen and oxygen atoms in total. The number of hydrogen-bond donors (Lipinski definition) is 0. The lowest BCUT2D eigenvalue weighted by Gasteiger charge is -2.42. The third kappa shape index (κ3) is 7.29. The predicted molar refractivity (Wildman–Crippen MR) is 348 cm³/mol. The number of hydrogen-bond acceptors (Lipinski definition) is 1. The van der Waals surface area contributed by atoms with Crippen molar-refractivity contribution in [1.82, 2.24) is 13.7 Å². The first-order valence-electron chi connectivity index (χ1n) is 31.3. The molecule has 15 rings (SSSR count). The number of benzene rings is 10. The summed E-state index contributed by atoms with van der Waals surface area (Å²) in [6.45, 7) is 27.9. The van der Waals surface area contributed by atoms with E-state index >= 15 is 0 Å². The minimum absolute atomic E-state index is 0.0206. The van der Waals surface area contributed by atoms with Crippen LogP contribution in [-0.4, -0.2) is 20.4 Å². The highest BCUT2D eigenvalue weighted by atomic mass is 15.1. The Morgan fingerprint density at radius 2 is 0.988 bits per heavy atom. The molecule has 0 bridgehead atoms. The van der Waals surface area contributed by atoms with Crippen molar-refractivity contribution in [2.24, 2.45) is 0 Å². The van der Waals surface area contributed by atoms with Gasteiger partial charge in [0.1, 0.15) is 0 Å². The fourth-order valence-corrected chi connectivity index (χ4v) is 14.1. The van der Waals surface area contributed by atoms with Crippen LogP contribution in [-0.2, 0) is 21.7 Å². The summed E-state index contributed by atoms with van der Waals surface area (Å²) in [7, 11) is 0. The molecule has 81 heavy (non-hydrogen) atoms. The lowest BCUT2D eigenvalue weighted by Crippen LogP contribution is -2.63. The summed E-state index contributed by atoms with van der Waals surface area (Å²) >= 11 is 0. The summed E-state index contributed by atoms with van der Waals surface area (Å²) in [6.07, 6.45) is 0. The fourth-order valence-electron chi connectivity index (χ4n) is 14.1. The number of aromatic nitrogens is 3. The fraction of sp³-hybridized carbons (Fsp3) is 0.211. The molecule has 0 saturated heterocycles. The van der Waals surface area contributed by atoms with Crippen LogP contribution in [0.25, 0.3) is 82.5 Å². The van der Waals surface area contributed by atoms with Crippen molar-refractivity contribution in [2.75, 3.05) is 4.90 Å². The van der Waals surface area contributed by atoms with Crippen molar-refractivity contribution in [3.63, 3.8) is 0 Å². The smallest absolute Gasteiger partial charge is 0.247 e. The molecule has 2 aliphatic rings. The van der Waals surface area contributed by atoms with Crippen molar-refractivity contribution >= 4 is 106 Å². The highest BCUT2D eigenvalue weighted by Gasteiger charge is 2.46. The topological polar surface area (TPSA) is 18.0 Å². The van der Waals surface area contributed by atoms with Crippen LogP contribution < -0.4 is 21.3 Å². The largest absolute Gasteiger partial charge is 0.310 e. The molecule has 5 heteroatoms. The molecule has 2 aliphatic heterocycles. The second-order valence-electron chi connectivity index (χ2n) is 26.8. The predicted octanol–water partition coefficient (Wildman–Crippen LogP) is 18.1. The zero-order valence-corrected chi connectivity index (χ0v) is 48.5. The second kappa shape index (κ2) is 17.0. The van der Waals surface area contributed by atoms with E-state index in [2.05, 4.69) is 224 Å². The molecular formula is C76H69BN4. The normalized spacial score (nSPS) is 14.9. The Morgan fingerprint density at radius 1 is 0.420 bits per heavy atom. The quantitative estimate of drug-likeness (QED) is 0.157. The van der Waals surface area contributed by atoms with Gasteiger partial charge < -0.3 is 18.6 Å².